The van der Waals surface area contributed by atoms with Crippen molar-refractivity contribution in [3.05, 3.63) is 188 Å². The standard InChI is InChI=1S/C42H31N/c1-4-18-32(19-5-1)35-24-10-11-25-36(35)37-26-12-13-27-38(37)39-28-14-15-29-40(39)41-30-16-17-31-42(41)43(33-20-6-2-7-21-33)34-22-8-3-9-23-34/h1-31H. The summed E-state index contributed by atoms with van der Waals surface area (Å²) in [6.07, 6.45) is 0. The Morgan fingerprint density at radius 1 is 0.233 bits per heavy atom. The third-order valence-corrected chi connectivity index (χ3v) is 7.91. The number of rotatable bonds is 7. The molecular weight excluding hydrogens is 518 g/mol. The Morgan fingerprint density at radius 3 is 1.00 bits per heavy atom. The first-order chi connectivity index (χ1) is 21.4. The first kappa shape index (κ1) is 26.3. The lowest BCUT2D eigenvalue weighted by atomic mass is 9.86. The Balaban J connectivity index is 1.43. The molecule has 0 amide bonds. The van der Waals surface area contributed by atoms with Gasteiger partial charge in [-0.25, -0.2) is 0 Å². The Kier molecular flexibility index (Phi) is 7.36. The average Bonchev–Trinajstić information content (AvgIpc) is 3.10. The molecule has 0 saturated carbocycles. The van der Waals surface area contributed by atoms with Gasteiger partial charge in [-0.05, 0) is 69.3 Å². The molecule has 1 heteroatoms. The maximum absolute atomic E-state index is 2.35. The van der Waals surface area contributed by atoms with Crippen LogP contribution >= 0.6 is 0 Å². The van der Waals surface area contributed by atoms with Gasteiger partial charge >= 0.3 is 0 Å². The highest BCUT2D eigenvalue weighted by molar-refractivity contribution is 5.99. The largest absolute Gasteiger partial charge is 0.310 e. The molecule has 0 aliphatic heterocycles. The van der Waals surface area contributed by atoms with Gasteiger partial charge in [0.1, 0.15) is 0 Å². The van der Waals surface area contributed by atoms with E-state index in [1.807, 2.05) is 0 Å². The summed E-state index contributed by atoms with van der Waals surface area (Å²) >= 11 is 0. The zero-order chi connectivity index (χ0) is 28.8. The predicted octanol–water partition coefficient (Wildman–Crippen LogP) is 11.8. The minimum atomic E-state index is 1.12. The third-order valence-electron chi connectivity index (χ3n) is 7.91. The topological polar surface area (TPSA) is 3.24 Å². The second kappa shape index (κ2) is 12.1. The Morgan fingerprint density at radius 2 is 0.535 bits per heavy atom. The highest BCUT2D eigenvalue weighted by Crippen LogP contribution is 2.45. The van der Waals surface area contributed by atoms with Crippen molar-refractivity contribution in [2.75, 3.05) is 4.90 Å². The summed E-state index contributed by atoms with van der Waals surface area (Å²) < 4.78 is 0. The zero-order valence-corrected chi connectivity index (χ0v) is 23.8. The molecule has 0 radical (unpaired) electrons. The first-order valence-electron chi connectivity index (χ1n) is 14.7. The maximum atomic E-state index is 2.35. The highest BCUT2D eigenvalue weighted by Gasteiger charge is 2.20. The van der Waals surface area contributed by atoms with Gasteiger partial charge in [0, 0.05) is 16.9 Å². The molecule has 0 N–H and O–H groups in total. The molecule has 0 fully saturated rings. The normalized spacial score (nSPS) is 10.8. The summed E-state index contributed by atoms with van der Waals surface area (Å²) in [6.45, 7) is 0. The van der Waals surface area contributed by atoms with Gasteiger partial charge in [0.05, 0.1) is 5.69 Å². The van der Waals surface area contributed by atoms with E-state index in [9.17, 15) is 0 Å². The molecule has 204 valence electrons. The van der Waals surface area contributed by atoms with Crippen LogP contribution in [0.4, 0.5) is 17.1 Å². The summed E-state index contributed by atoms with van der Waals surface area (Å²) in [5.74, 6) is 0. The van der Waals surface area contributed by atoms with Crippen LogP contribution in [0.5, 0.6) is 0 Å². The van der Waals surface area contributed by atoms with Crippen molar-refractivity contribution in [3.8, 4) is 44.5 Å². The van der Waals surface area contributed by atoms with E-state index in [1.54, 1.807) is 0 Å². The van der Waals surface area contributed by atoms with E-state index in [1.165, 1.54) is 44.5 Å². The summed E-state index contributed by atoms with van der Waals surface area (Å²) in [6, 6.07) is 66.9. The monoisotopic (exact) mass is 549 g/mol. The van der Waals surface area contributed by atoms with Crippen LogP contribution in [0.15, 0.2) is 188 Å². The number of hydrogen-bond donors (Lipinski definition) is 0. The van der Waals surface area contributed by atoms with E-state index in [2.05, 4.69) is 193 Å². The van der Waals surface area contributed by atoms with Gasteiger partial charge in [0.15, 0.2) is 0 Å². The van der Waals surface area contributed by atoms with E-state index in [0.29, 0.717) is 0 Å². The van der Waals surface area contributed by atoms with E-state index >= 15 is 0 Å². The van der Waals surface area contributed by atoms with Gasteiger partial charge in [0.2, 0.25) is 0 Å². The molecular formula is C42H31N. The van der Waals surface area contributed by atoms with Crippen LogP contribution in [0.1, 0.15) is 0 Å². The fraction of sp³-hybridized carbons (Fsp3) is 0. The number of para-hydroxylation sites is 3. The van der Waals surface area contributed by atoms with Gasteiger partial charge in [-0.1, -0.05) is 158 Å². The highest BCUT2D eigenvalue weighted by atomic mass is 15.1. The quantitative estimate of drug-likeness (QED) is 0.191. The van der Waals surface area contributed by atoms with Crippen LogP contribution in [0.2, 0.25) is 0 Å². The van der Waals surface area contributed by atoms with Crippen molar-refractivity contribution in [1.29, 1.82) is 0 Å². The molecule has 7 rings (SSSR count). The van der Waals surface area contributed by atoms with Crippen molar-refractivity contribution < 1.29 is 0 Å². The molecule has 0 atom stereocenters. The minimum Gasteiger partial charge on any atom is -0.310 e. The molecule has 0 aliphatic rings. The zero-order valence-electron chi connectivity index (χ0n) is 23.8. The van der Waals surface area contributed by atoms with Gasteiger partial charge in [-0.3, -0.25) is 0 Å². The second-order valence-electron chi connectivity index (χ2n) is 10.5. The van der Waals surface area contributed by atoms with Crippen LogP contribution in [-0.4, -0.2) is 0 Å². The average molecular weight is 550 g/mol. The molecule has 7 aromatic carbocycles. The van der Waals surface area contributed by atoms with Crippen LogP contribution in [-0.2, 0) is 0 Å². The van der Waals surface area contributed by atoms with Gasteiger partial charge in [-0.15, -0.1) is 0 Å². The van der Waals surface area contributed by atoms with Crippen molar-refractivity contribution >= 4 is 17.1 Å². The second-order valence-corrected chi connectivity index (χ2v) is 10.5. The molecule has 0 aliphatic carbocycles. The lowest BCUT2D eigenvalue weighted by Crippen LogP contribution is -2.11. The maximum Gasteiger partial charge on any atom is 0.0540 e. The molecule has 1 nitrogen and oxygen atoms in total. The molecule has 0 saturated heterocycles. The Bertz CT molecular complexity index is 1920. The van der Waals surface area contributed by atoms with Crippen molar-refractivity contribution in [2.24, 2.45) is 0 Å². The number of benzene rings is 7. The summed E-state index contributed by atoms with van der Waals surface area (Å²) in [5.41, 5.74) is 13.0. The number of anilines is 3. The fourth-order valence-electron chi connectivity index (χ4n) is 5.97. The van der Waals surface area contributed by atoms with Crippen molar-refractivity contribution in [2.45, 2.75) is 0 Å². The van der Waals surface area contributed by atoms with Crippen LogP contribution in [0.25, 0.3) is 44.5 Å². The van der Waals surface area contributed by atoms with Crippen LogP contribution in [0, 0.1) is 0 Å². The summed E-state index contributed by atoms with van der Waals surface area (Å²) in [4.78, 5) is 2.35. The number of nitrogens with zero attached hydrogens (tertiary/aromatic N) is 1. The molecule has 43 heavy (non-hydrogen) atoms. The Hall–Kier alpha value is -5.66. The lowest BCUT2D eigenvalue weighted by Gasteiger charge is -2.28. The van der Waals surface area contributed by atoms with Crippen LogP contribution in [0.3, 0.4) is 0 Å². The SMILES string of the molecule is c1ccc(-c2ccccc2-c2ccccc2-c2ccccc2-c2ccccc2N(c2ccccc2)c2ccccc2)cc1. The summed E-state index contributed by atoms with van der Waals surface area (Å²) in [5, 5.41) is 0. The lowest BCUT2D eigenvalue weighted by molar-refractivity contribution is 1.28. The predicted molar refractivity (Wildman–Crippen MR) is 183 cm³/mol. The van der Waals surface area contributed by atoms with E-state index < -0.39 is 0 Å². The van der Waals surface area contributed by atoms with E-state index in [-0.39, 0.29) is 0 Å². The van der Waals surface area contributed by atoms with Gasteiger partial charge < -0.3 is 4.90 Å². The minimum absolute atomic E-state index is 1.12. The van der Waals surface area contributed by atoms with Gasteiger partial charge in [0.25, 0.3) is 0 Å². The third kappa shape index (κ3) is 5.25. The Labute approximate surface area is 254 Å². The van der Waals surface area contributed by atoms with Crippen molar-refractivity contribution in [3.63, 3.8) is 0 Å². The fourth-order valence-corrected chi connectivity index (χ4v) is 5.97. The molecule has 0 heterocycles. The molecule has 7 aromatic rings. The first-order valence-corrected chi connectivity index (χ1v) is 14.7. The van der Waals surface area contributed by atoms with E-state index in [4.69, 9.17) is 0 Å². The molecule has 0 aromatic heterocycles. The smallest absolute Gasteiger partial charge is 0.0540 e. The number of hydrogen-bond acceptors (Lipinski definition) is 1. The van der Waals surface area contributed by atoms with E-state index in [0.717, 1.165) is 17.1 Å². The van der Waals surface area contributed by atoms with Gasteiger partial charge in [-0.2, -0.15) is 0 Å². The summed E-state index contributed by atoms with van der Waals surface area (Å²) in [7, 11) is 0. The van der Waals surface area contributed by atoms with Crippen LogP contribution < -0.4 is 4.90 Å². The molecule has 0 spiro atoms. The molecule has 0 unspecified atom stereocenters. The molecule has 0 bridgehead atoms. The van der Waals surface area contributed by atoms with Crippen molar-refractivity contribution in [1.82, 2.24) is 0 Å².